The summed E-state index contributed by atoms with van der Waals surface area (Å²) >= 11 is 3.29. The third-order valence-corrected chi connectivity index (χ3v) is 2.39. The van der Waals surface area contributed by atoms with Gasteiger partial charge >= 0.3 is 6.09 Å². The van der Waals surface area contributed by atoms with Gasteiger partial charge in [-0.3, -0.25) is 0 Å². The molecule has 0 fully saturated rings. The number of halogens is 1. The van der Waals surface area contributed by atoms with E-state index in [0.29, 0.717) is 5.75 Å². The van der Waals surface area contributed by atoms with Gasteiger partial charge in [0.2, 0.25) is 0 Å². The largest absolute Gasteiger partial charge is 0.607 e. The van der Waals surface area contributed by atoms with E-state index in [1.807, 2.05) is 24.3 Å². The van der Waals surface area contributed by atoms with Crippen molar-refractivity contribution in [2.45, 2.75) is 0 Å². The van der Waals surface area contributed by atoms with Crippen molar-refractivity contribution in [3.05, 3.63) is 59.3 Å². The van der Waals surface area contributed by atoms with Gasteiger partial charge in [0, 0.05) is 6.07 Å². The first kappa shape index (κ1) is 10.8. The summed E-state index contributed by atoms with van der Waals surface area (Å²) in [5.41, 5.74) is 0. The molecule has 0 radical (unpaired) electrons. The van der Waals surface area contributed by atoms with Gasteiger partial charge in [-0.1, -0.05) is 22.8 Å². The van der Waals surface area contributed by atoms with Crippen LogP contribution in [0.2, 0.25) is 0 Å². The number of para-hydroxylation sites is 1. The normalized spacial score (nSPS) is 9.81. The quantitative estimate of drug-likeness (QED) is 0.751. The molecule has 3 nitrogen and oxygen atoms in total. The topological polar surface area (TPSA) is 30.2 Å². The van der Waals surface area contributed by atoms with Gasteiger partial charge in [0.05, 0.1) is 4.47 Å². The molecule has 0 unspecified atom stereocenters. The molecule has 0 atom stereocenters. The number of aromatic nitrogens is 1. The van der Waals surface area contributed by atoms with Crippen molar-refractivity contribution in [2.75, 3.05) is 0 Å². The number of ether oxygens (including phenoxy) is 1. The van der Waals surface area contributed by atoms with Crippen LogP contribution in [0, 0.1) is 0 Å². The Morgan fingerprint density at radius 3 is 2.56 bits per heavy atom. The van der Waals surface area contributed by atoms with Crippen molar-refractivity contribution >= 4 is 22.0 Å². The summed E-state index contributed by atoms with van der Waals surface area (Å²) in [6.07, 6.45) is 2.84. The summed E-state index contributed by atoms with van der Waals surface area (Å²) in [6.45, 7) is 0. The SMILES string of the molecule is O=C(Oc1ccccc1)[n+]1cccc(Br)c1. The number of rotatable bonds is 1. The number of pyridine rings is 1. The summed E-state index contributed by atoms with van der Waals surface area (Å²) < 4.78 is 7.35. The van der Waals surface area contributed by atoms with Crippen LogP contribution in [0.3, 0.4) is 0 Å². The van der Waals surface area contributed by atoms with E-state index < -0.39 is 6.09 Å². The van der Waals surface area contributed by atoms with E-state index in [9.17, 15) is 4.79 Å². The molecule has 0 saturated heterocycles. The Balaban J connectivity index is 2.15. The zero-order valence-electron chi connectivity index (χ0n) is 8.34. The average molecular weight is 279 g/mol. The number of carbonyl (C=O) groups is 1. The zero-order chi connectivity index (χ0) is 11.4. The maximum absolute atomic E-state index is 11.7. The van der Waals surface area contributed by atoms with Crippen LogP contribution in [-0.4, -0.2) is 6.09 Å². The highest BCUT2D eigenvalue weighted by Gasteiger charge is 2.16. The molecule has 0 bridgehead atoms. The van der Waals surface area contributed by atoms with Gasteiger partial charge in [-0.25, -0.2) is 0 Å². The first-order valence-corrected chi connectivity index (χ1v) is 5.49. The lowest BCUT2D eigenvalue weighted by Gasteiger charge is -1.98. The van der Waals surface area contributed by atoms with Crippen LogP contribution >= 0.6 is 15.9 Å². The summed E-state index contributed by atoms with van der Waals surface area (Å²) in [5, 5.41) is 0. The van der Waals surface area contributed by atoms with Crippen molar-refractivity contribution < 1.29 is 14.1 Å². The van der Waals surface area contributed by atoms with E-state index in [0.717, 1.165) is 4.47 Å². The van der Waals surface area contributed by atoms with E-state index in [2.05, 4.69) is 15.9 Å². The van der Waals surface area contributed by atoms with Crippen LogP contribution in [0.1, 0.15) is 0 Å². The number of benzene rings is 1. The van der Waals surface area contributed by atoms with Gasteiger partial charge < -0.3 is 4.74 Å². The first-order chi connectivity index (χ1) is 7.75. The van der Waals surface area contributed by atoms with Crippen molar-refractivity contribution in [2.24, 2.45) is 0 Å². The fraction of sp³-hybridized carbons (Fsp3) is 0. The summed E-state index contributed by atoms with van der Waals surface area (Å²) in [6, 6.07) is 12.6. The fourth-order valence-electron chi connectivity index (χ4n) is 1.20. The molecule has 2 aromatic rings. The highest BCUT2D eigenvalue weighted by atomic mass is 79.9. The second kappa shape index (κ2) is 4.90. The number of hydrogen-bond acceptors (Lipinski definition) is 2. The summed E-state index contributed by atoms with van der Waals surface area (Å²) in [7, 11) is 0. The molecule has 0 N–H and O–H groups in total. The maximum atomic E-state index is 11.7. The van der Waals surface area contributed by atoms with E-state index in [4.69, 9.17) is 4.74 Å². The van der Waals surface area contributed by atoms with Gasteiger partial charge in [0.15, 0.2) is 12.4 Å². The van der Waals surface area contributed by atoms with Crippen molar-refractivity contribution in [1.82, 2.24) is 0 Å². The van der Waals surface area contributed by atoms with Gasteiger partial charge in [0.1, 0.15) is 5.75 Å². The number of nitrogens with zero attached hydrogens (tertiary/aromatic N) is 1. The smallest absolute Gasteiger partial charge is 0.372 e. The predicted molar refractivity (Wildman–Crippen MR) is 62.2 cm³/mol. The molecule has 1 aromatic carbocycles. The Bertz CT molecular complexity index is 499. The highest BCUT2D eigenvalue weighted by molar-refractivity contribution is 9.10. The third kappa shape index (κ3) is 2.67. The Labute approximate surface area is 101 Å². The molecule has 0 amide bonds. The van der Waals surface area contributed by atoms with Crippen molar-refractivity contribution in [3.8, 4) is 5.75 Å². The van der Waals surface area contributed by atoms with Crippen LogP contribution in [0.25, 0.3) is 0 Å². The Morgan fingerprint density at radius 1 is 1.12 bits per heavy atom. The summed E-state index contributed by atoms with van der Waals surface area (Å²) in [5.74, 6) is 0.528. The summed E-state index contributed by atoms with van der Waals surface area (Å²) in [4.78, 5) is 11.7. The van der Waals surface area contributed by atoms with Crippen LogP contribution in [-0.2, 0) is 0 Å². The van der Waals surface area contributed by atoms with Crippen molar-refractivity contribution in [1.29, 1.82) is 0 Å². The first-order valence-electron chi connectivity index (χ1n) is 4.70. The van der Waals surface area contributed by atoms with Crippen molar-refractivity contribution in [3.63, 3.8) is 0 Å². The molecule has 0 saturated carbocycles. The molecule has 1 heterocycles. The maximum Gasteiger partial charge on any atom is 0.607 e. The van der Waals surface area contributed by atoms with E-state index in [1.54, 1.807) is 30.6 Å². The van der Waals surface area contributed by atoms with Gasteiger partial charge in [-0.2, -0.15) is 4.79 Å². The van der Waals surface area contributed by atoms with E-state index in [1.165, 1.54) is 4.57 Å². The highest BCUT2D eigenvalue weighted by Crippen LogP contribution is 2.08. The molecule has 1 aromatic heterocycles. The van der Waals surface area contributed by atoms with Gasteiger partial charge in [0.25, 0.3) is 0 Å². The van der Waals surface area contributed by atoms with Crippen LogP contribution in [0.5, 0.6) is 5.75 Å². The second-order valence-corrected chi connectivity index (χ2v) is 4.03. The molecule has 0 aliphatic rings. The molecule has 0 aliphatic heterocycles. The second-order valence-electron chi connectivity index (χ2n) is 3.11. The molecule has 0 spiro atoms. The predicted octanol–water partition coefficient (Wildman–Crippen LogP) is 2.78. The molecule has 4 heteroatoms. The van der Waals surface area contributed by atoms with Gasteiger partial charge in [-0.05, 0) is 34.1 Å². The lowest BCUT2D eigenvalue weighted by Crippen LogP contribution is -2.44. The standard InChI is InChI=1S/C12H9BrNO2/c13-10-5-4-8-14(9-10)12(15)16-11-6-2-1-3-7-11/h1-9H/q+1. The number of carbonyl (C=O) groups excluding carboxylic acids is 1. The van der Waals surface area contributed by atoms with E-state index >= 15 is 0 Å². The Hall–Kier alpha value is -1.68. The van der Waals surface area contributed by atoms with Crippen LogP contribution < -0.4 is 9.30 Å². The molecule has 16 heavy (non-hydrogen) atoms. The lowest BCUT2D eigenvalue weighted by atomic mass is 10.3. The molecular formula is C12H9BrNO2+. The molecular weight excluding hydrogens is 270 g/mol. The Morgan fingerprint density at radius 2 is 1.88 bits per heavy atom. The van der Waals surface area contributed by atoms with Gasteiger partial charge in [-0.15, -0.1) is 0 Å². The minimum Gasteiger partial charge on any atom is -0.372 e. The molecule has 2 rings (SSSR count). The van der Waals surface area contributed by atoms with Crippen LogP contribution in [0.4, 0.5) is 4.79 Å². The lowest BCUT2D eigenvalue weighted by molar-refractivity contribution is -0.582. The minimum atomic E-state index is -0.437. The van der Waals surface area contributed by atoms with Crippen LogP contribution in [0.15, 0.2) is 59.3 Å². The third-order valence-electron chi connectivity index (χ3n) is 1.92. The van der Waals surface area contributed by atoms with E-state index in [-0.39, 0.29) is 0 Å². The molecule has 0 aliphatic carbocycles. The minimum absolute atomic E-state index is 0.437. The fourth-order valence-corrected chi connectivity index (χ4v) is 1.58. The Kier molecular flexibility index (Phi) is 3.31. The average Bonchev–Trinajstić information content (AvgIpc) is 2.30. The number of hydrogen-bond donors (Lipinski definition) is 0. The monoisotopic (exact) mass is 278 g/mol. The molecule has 80 valence electrons. The zero-order valence-corrected chi connectivity index (χ0v) is 9.92.